The predicted octanol–water partition coefficient (Wildman–Crippen LogP) is 3.15. The molecule has 0 aromatic rings. The molecule has 1 heteroatoms. The lowest BCUT2D eigenvalue weighted by atomic mass is 9.80. The van der Waals surface area contributed by atoms with E-state index in [4.69, 9.17) is 0 Å². The minimum Gasteiger partial charge on any atom is -0.294 e. The molecule has 1 nitrogen and oxygen atoms in total. The average molecular weight is 183 g/mol. The molecule has 3 rings (SSSR count). The van der Waals surface area contributed by atoms with Crippen molar-refractivity contribution < 1.29 is 0 Å². The summed E-state index contributed by atoms with van der Waals surface area (Å²) >= 11 is 0. The van der Waals surface area contributed by atoms with Crippen molar-refractivity contribution in [1.29, 1.82) is 0 Å². The average Bonchev–Trinajstić information content (AvgIpc) is 2.34. The maximum atomic E-state index is 2.76. The van der Waals surface area contributed by atoms with Gasteiger partial charge in [-0.3, -0.25) is 4.90 Å². The van der Waals surface area contributed by atoms with E-state index in [2.05, 4.69) is 32.6 Å². The van der Waals surface area contributed by atoms with Gasteiger partial charge in [-0.15, -0.1) is 0 Å². The summed E-state index contributed by atoms with van der Waals surface area (Å²) in [6.45, 7) is 9.44. The van der Waals surface area contributed by atoms with Crippen LogP contribution in [0.5, 0.6) is 0 Å². The first-order valence-corrected chi connectivity index (χ1v) is 5.38. The van der Waals surface area contributed by atoms with Crippen LogP contribution in [0.2, 0.25) is 0 Å². The van der Waals surface area contributed by atoms with Crippen LogP contribution in [0.25, 0.3) is 0 Å². The molecule has 0 amide bonds. The molecule has 3 aliphatic rings. The number of fused-ring (bicyclic) bond motifs is 1. The van der Waals surface area contributed by atoms with Gasteiger partial charge in [0, 0.05) is 18.1 Å². The van der Waals surface area contributed by atoms with Crippen LogP contribution in [0.4, 0.5) is 0 Å². The third-order valence-electron chi connectivity index (χ3n) is 3.68. The summed E-state index contributed by atoms with van der Waals surface area (Å²) in [5, 5.41) is 0. The first-order chi connectivity index (χ1) is 5.61. The third-order valence-corrected chi connectivity index (χ3v) is 3.68. The molecule has 13 heavy (non-hydrogen) atoms. The number of hydrogen-bond donors (Lipinski definition) is 0. The molecule has 2 saturated heterocycles. The lowest BCUT2D eigenvalue weighted by molar-refractivity contribution is 0.151. The van der Waals surface area contributed by atoms with Crippen LogP contribution >= 0.6 is 0 Å². The van der Waals surface area contributed by atoms with Gasteiger partial charge in [0.2, 0.25) is 0 Å². The monoisotopic (exact) mass is 183 g/mol. The van der Waals surface area contributed by atoms with E-state index in [-0.39, 0.29) is 7.43 Å². The fourth-order valence-electron chi connectivity index (χ4n) is 3.29. The summed E-state index contributed by atoms with van der Waals surface area (Å²) in [6, 6.07) is 2.60. The molecule has 0 spiro atoms. The van der Waals surface area contributed by atoms with Gasteiger partial charge < -0.3 is 0 Å². The Balaban J connectivity index is 0.000000845. The largest absolute Gasteiger partial charge is 0.294 e. The molecule has 2 bridgehead atoms. The molecule has 78 valence electrons. The maximum absolute atomic E-state index is 2.76. The van der Waals surface area contributed by atoms with Crippen LogP contribution < -0.4 is 0 Å². The van der Waals surface area contributed by atoms with Gasteiger partial charge >= 0.3 is 0 Å². The van der Waals surface area contributed by atoms with Gasteiger partial charge in [-0.2, -0.15) is 0 Å². The quantitative estimate of drug-likeness (QED) is 0.635. The molecule has 2 aliphatic heterocycles. The minimum atomic E-state index is 0. The van der Waals surface area contributed by atoms with Gasteiger partial charge in [-0.25, -0.2) is 0 Å². The summed E-state index contributed by atoms with van der Waals surface area (Å²) in [6.07, 6.45) is 2.97. The Bertz CT molecular complexity index is 150. The maximum Gasteiger partial charge on any atom is 0.0153 e. The van der Waals surface area contributed by atoms with Crippen molar-refractivity contribution in [3.05, 3.63) is 0 Å². The Hall–Kier alpha value is -0.0400. The minimum absolute atomic E-state index is 0. The van der Waals surface area contributed by atoms with Crippen molar-refractivity contribution in [2.75, 3.05) is 0 Å². The van der Waals surface area contributed by atoms with E-state index in [1.54, 1.807) is 0 Å². The molecule has 0 N–H and O–H groups in total. The van der Waals surface area contributed by atoms with Crippen molar-refractivity contribution in [1.82, 2.24) is 4.90 Å². The number of hydrogen-bond acceptors (Lipinski definition) is 1. The van der Waals surface area contributed by atoms with Crippen LogP contribution in [-0.2, 0) is 0 Å². The van der Waals surface area contributed by atoms with Crippen LogP contribution in [0, 0.1) is 11.8 Å². The fraction of sp³-hybridized carbons (Fsp3) is 1.00. The predicted molar refractivity (Wildman–Crippen MR) is 58.8 cm³/mol. The molecule has 1 atom stereocenters. The van der Waals surface area contributed by atoms with Crippen molar-refractivity contribution in [3.8, 4) is 0 Å². The van der Waals surface area contributed by atoms with Crippen molar-refractivity contribution >= 4 is 0 Å². The molecular weight excluding hydrogens is 158 g/mol. The summed E-state index contributed by atoms with van der Waals surface area (Å²) < 4.78 is 0. The Kier molecular flexibility index (Phi) is 3.06. The summed E-state index contributed by atoms with van der Waals surface area (Å²) in [5.74, 6) is 1.89. The van der Waals surface area contributed by atoms with E-state index in [1.165, 1.54) is 12.8 Å². The summed E-state index contributed by atoms with van der Waals surface area (Å²) in [4.78, 5) is 2.76. The molecule has 0 aromatic carbocycles. The molecule has 0 aromatic heterocycles. The van der Waals surface area contributed by atoms with Crippen LogP contribution in [0.3, 0.4) is 0 Å². The van der Waals surface area contributed by atoms with Crippen molar-refractivity contribution in [3.63, 3.8) is 0 Å². The fourth-order valence-corrected chi connectivity index (χ4v) is 3.29. The number of nitrogens with zero attached hydrogens (tertiary/aromatic N) is 1. The van der Waals surface area contributed by atoms with E-state index < -0.39 is 0 Å². The molecule has 3 fully saturated rings. The standard InChI is InChI=1S/C11H21N.CH4/c1-7(2)11-9-5-10(6-9)12(11)8(3)4;/h7-11H,5-6H2,1-4H3;1H4/t9?,10?,11-;/m1./s1. The topological polar surface area (TPSA) is 3.24 Å². The zero-order chi connectivity index (χ0) is 8.88. The normalized spacial score (nSPS) is 37.8. The lowest BCUT2D eigenvalue weighted by Crippen LogP contribution is -2.39. The van der Waals surface area contributed by atoms with E-state index in [9.17, 15) is 0 Å². The van der Waals surface area contributed by atoms with Gasteiger partial charge in [0.1, 0.15) is 0 Å². The number of rotatable bonds is 2. The van der Waals surface area contributed by atoms with Gasteiger partial charge in [0.15, 0.2) is 0 Å². The van der Waals surface area contributed by atoms with Crippen LogP contribution in [-0.4, -0.2) is 23.0 Å². The second kappa shape index (κ2) is 3.61. The highest BCUT2D eigenvalue weighted by Crippen LogP contribution is 2.49. The molecule has 1 saturated carbocycles. The van der Waals surface area contributed by atoms with E-state index in [1.807, 2.05) is 0 Å². The third kappa shape index (κ3) is 1.52. The first kappa shape index (κ1) is 11.0. The molecular formula is C12H25N. The van der Waals surface area contributed by atoms with E-state index in [0.29, 0.717) is 0 Å². The molecule has 2 heterocycles. The van der Waals surface area contributed by atoms with Crippen LogP contribution in [0.1, 0.15) is 48.0 Å². The van der Waals surface area contributed by atoms with Gasteiger partial charge in [0.25, 0.3) is 0 Å². The summed E-state index contributed by atoms with van der Waals surface area (Å²) in [5.41, 5.74) is 0. The van der Waals surface area contributed by atoms with Crippen molar-refractivity contribution in [2.24, 2.45) is 11.8 Å². The Morgan fingerprint density at radius 2 is 1.62 bits per heavy atom. The highest BCUT2D eigenvalue weighted by atomic mass is 15.3. The SMILES string of the molecule is C.CC(C)[C@@H]1C2CC(C2)N1C(C)C. The first-order valence-electron chi connectivity index (χ1n) is 5.38. The van der Waals surface area contributed by atoms with E-state index in [0.717, 1.165) is 30.0 Å². The van der Waals surface area contributed by atoms with Crippen molar-refractivity contribution in [2.45, 2.75) is 66.1 Å². The van der Waals surface area contributed by atoms with Gasteiger partial charge in [-0.1, -0.05) is 21.3 Å². The Morgan fingerprint density at radius 1 is 1.08 bits per heavy atom. The van der Waals surface area contributed by atoms with Gasteiger partial charge in [0.05, 0.1) is 0 Å². The highest BCUT2D eigenvalue weighted by Gasteiger charge is 2.51. The lowest BCUT2D eigenvalue weighted by Gasteiger charge is -2.31. The van der Waals surface area contributed by atoms with Gasteiger partial charge in [-0.05, 0) is 38.5 Å². The molecule has 0 radical (unpaired) electrons. The Labute approximate surface area is 83.5 Å². The second-order valence-corrected chi connectivity index (χ2v) is 5.16. The van der Waals surface area contributed by atoms with Crippen LogP contribution in [0.15, 0.2) is 0 Å². The molecule has 1 aliphatic carbocycles. The summed E-state index contributed by atoms with van der Waals surface area (Å²) in [7, 11) is 0. The second-order valence-electron chi connectivity index (χ2n) is 5.16. The zero-order valence-corrected chi connectivity index (χ0v) is 8.75. The zero-order valence-electron chi connectivity index (χ0n) is 8.75. The highest BCUT2D eigenvalue weighted by molar-refractivity contribution is 5.06. The Morgan fingerprint density at radius 3 is 1.92 bits per heavy atom. The smallest absolute Gasteiger partial charge is 0.0153 e. The van der Waals surface area contributed by atoms with E-state index >= 15 is 0 Å². The molecule has 0 unspecified atom stereocenters.